The van der Waals surface area contributed by atoms with Crippen LogP contribution in [0.1, 0.15) is 26.2 Å². The van der Waals surface area contributed by atoms with Crippen molar-refractivity contribution in [2.45, 2.75) is 37.3 Å². The van der Waals surface area contributed by atoms with E-state index in [0.29, 0.717) is 10.9 Å². The quantitative estimate of drug-likeness (QED) is 0.945. The zero-order valence-corrected chi connectivity index (χ0v) is 12.7. The highest BCUT2D eigenvalue weighted by atomic mass is 35.5. The molecule has 8 heteroatoms. The molecule has 1 saturated carbocycles. The largest absolute Gasteiger partial charge is 0.279 e. The number of thiazole rings is 1. The fraction of sp³-hybridized carbons (Fsp3) is 0.545. The zero-order valence-electron chi connectivity index (χ0n) is 10.3. The summed E-state index contributed by atoms with van der Waals surface area (Å²) in [6.45, 7) is 2.07. The molecule has 1 aliphatic carbocycles. The van der Waals surface area contributed by atoms with Gasteiger partial charge in [0.25, 0.3) is 10.0 Å². The van der Waals surface area contributed by atoms with E-state index in [2.05, 4.69) is 16.6 Å². The van der Waals surface area contributed by atoms with Gasteiger partial charge in [0.2, 0.25) is 0 Å². The number of hydrogen-bond donors (Lipinski definition) is 1. The van der Waals surface area contributed by atoms with E-state index in [-0.39, 0.29) is 16.2 Å². The summed E-state index contributed by atoms with van der Waals surface area (Å²) < 4.78 is 29.2. The summed E-state index contributed by atoms with van der Waals surface area (Å²) in [6.07, 6.45) is 4.67. The Balaban J connectivity index is 1.99. The second-order valence-electron chi connectivity index (χ2n) is 4.90. The number of fused-ring (bicyclic) bond motifs is 1. The maximum atomic E-state index is 12.5. The molecule has 3 rings (SSSR count). The lowest BCUT2D eigenvalue weighted by atomic mass is 10.1. The van der Waals surface area contributed by atoms with Crippen LogP contribution in [0.4, 0.5) is 0 Å². The molecule has 0 saturated heterocycles. The van der Waals surface area contributed by atoms with Gasteiger partial charge in [-0.1, -0.05) is 24.9 Å². The highest BCUT2D eigenvalue weighted by Gasteiger charge is 2.32. The maximum Gasteiger partial charge on any atom is 0.260 e. The Morgan fingerprint density at radius 3 is 3.00 bits per heavy atom. The van der Waals surface area contributed by atoms with Crippen LogP contribution in [0.3, 0.4) is 0 Å². The number of aromatic nitrogens is 2. The number of nitrogens with one attached hydrogen (secondary N) is 1. The van der Waals surface area contributed by atoms with Crippen molar-refractivity contribution in [3.05, 3.63) is 16.7 Å². The number of halogens is 1. The first-order valence-electron chi connectivity index (χ1n) is 6.12. The Kier molecular flexibility index (Phi) is 3.33. The van der Waals surface area contributed by atoms with Crippen LogP contribution in [-0.4, -0.2) is 23.8 Å². The topological polar surface area (TPSA) is 63.5 Å². The summed E-state index contributed by atoms with van der Waals surface area (Å²) in [4.78, 5) is 4.65. The summed E-state index contributed by atoms with van der Waals surface area (Å²) >= 11 is 7.33. The standard InChI is InChI=1S/C11H14ClN3O2S2/c1-7-3-2-4-8(7)14-19(16,17)10-9(12)13-11-15(10)5-6-18-11/h5-8,14H,2-4H2,1H3. The molecule has 0 aliphatic heterocycles. The van der Waals surface area contributed by atoms with E-state index >= 15 is 0 Å². The van der Waals surface area contributed by atoms with Gasteiger partial charge in [0.15, 0.2) is 15.1 Å². The normalized spacial score (nSPS) is 24.3. The Labute approximate surface area is 120 Å². The van der Waals surface area contributed by atoms with Gasteiger partial charge in [-0.25, -0.2) is 18.1 Å². The number of imidazole rings is 1. The number of nitrogens with zero attached hydrogens (tertiary/aromatic N) is 2. The first-order valence-corrected chi connectivity index (χ1v) is 8.86. The predicted molar refractivity (Wildman–Crippen MR) is 75.2 cm³/mol. The molecule has 2 aromatic heterocycles. The third-order valence-electron chi connectivity index (χ3n) is 3.60. The van der Waals surface area contributed by atoms with Crippen molar-refractivity contribution in [3.63, 3.8) is 0 Å². The molecule has 19 heavy (non-hydrogen) atoms. The van der Waals surface area contributed by atoms with Crippen LogP contribution in [0.25, 0.3) is 4.96 Å². The van der Waals surface area contributed by atoms with Gasteiger partial charge in [-0.3, -0.25) is 4.40 Å². The van der Waals surface area contributed by atoms with E-state index in [0.717, 1.165) is 19.3 Å². The van der Waals surface area contributed by atoms with Crippen LogP contribution in [-0.2, 0) is 10.0 Å². The van der Waals surface area contributed by atoms with E-state index < -0.39 is 10.0 Å². The van der Waals surface area contributed by atoms with E-state index in [1.54, 1.807) is 11.6 Å². The number of sulfonamides is 1. The van der Waals surface area contributed by atoms with Crippen molar-refractivity contribution in [3.8, 4) is 0 Å². The summed E-state index contributed by atoms with van der Waals surface area (Å²) in [6, 6.07) is -0.00903. The molecule has 0 aromatic carbocycles. The van der Waals surface area contributed by atoms with Gasteiger partial charge in [0.05, 0.1) is 0 Å². The number of rotatable bonds is 3. The van der Waals surface area contributed by atoms with E-state index in [1.165, 1.54) is 15.7 Å². The Morgan fingerprint density at radius 2 is 2.32 bits per heavy atom. The van der Waals surface area contributed by atoms with Crippen molar-refractivity contribution >= 4 is 37.9 Å². The average molecular weight is 320 g/mol. The molecule has 104 valence electrons. The monoisotopic (exact) mass is 319 g/mol. The van der Waals surface area contributed by atoms with E-state index in [1.807, 2.05) is 0 Å². The summed E-state index contributed by atoms with van der Waals surface area (Å²) in [5, 5.41) is 1.87. The van der Waals surface area contributed by atoms with Crippen molar-refractivity contribution in [1.29, 1.82) is 0 Å². The van der Waals surface area contributed by atoms with Crippen LogP contribution < -0.4 is 4.72 Å². The van der Waals surface area contributed by atoms with Crippen LogP contribution in [0.5, 0.6) is 0 Å². The van der Waals surface area contributed by atoms with Gasteiger partial charge in [-0.15, -0.1) is 11.3 Å². The molecule has 2 aromatic rings. The van der Waals surface area contributed by atoms with Gasteiger partial charge < -0.3 is 0 Å². The molecule has 2 unspecified atom stereocenters. The second-order valence-corrected chi connectivity index (χ2v) is 7.76. The zero-order chi connectivity index (χ0) is 13.6. The maximum absolute atomic E-state index is 12.5. The minimum absolute atomic E-state index is 0.00903. The van der Waals surface area contributed by atoms with Gasteiger partial charge in [-0.2, -0.15) is 0 Å². The van der Waals surface area contributed by atoms with Crippen molar-refractivity contribution < 1.29 is 8.42 Å². The van der Waals surface area contributed by atoms with Crippen LogP contribution in [0.2, 0.25) is 5.15 Å². The molecule has 0 amide bonds. The Bertz CT molecular complexity index is 707. The first-order chi connectivity index (χ1) is 8.99. The Morgan fingerprint density at radius 1 is 1.53 bits per heavy atom. The SMILES string of the molecule is CC1CCCC1NS(=O)(=O)c1c(Cl)nc2sccn12. The van der Waals surface area contributed by atoms with Crippen LogP contribution in [0.15, 0.2) is 16.6 Å². The van der Waals surface area contributed by atoms with E-state index in [4.69, 9.17) is 11.6 Å². The van der Waals surface area contributed by atoms with Gasteiger partial charge >= 0.3 is 0 Å². The molecule has 1 fully saturated rings. The van der Waals surface area contributed by atoms with Crippen molar-refractivity contribution in [2.75, 3.05) is 0 Å². The minimum Gasteiger partial charge on any atom is -0.279 e. The fourth-order valence-electron chi connectivity index (χ4n) is 2.55. The van der Waals surface area contributed by atoms with Crippen molar-refractivity contribution in [1.82, 2.24) is 14.1 Å². The van der Waals surface area contributed by atoms with Crippen molar-refractivity contribution in [2.24, 2.45) is 5.92 Å². The fourth-order valence-corrected chi connectivity index (χ4v) is 5.39. The summed E-state index contributed by atoms with van der Waals surface area (Å²) in [7, 11) is -3.64. The molecule has 0 bridgehead atoms. The minimum atomic E-state index is -3.64. The lowest BCUT2D eigenvalue weighted by Gasteiger charge is -2.16. The Hall–Kier alpha value is -0.630. The molecule has 2 heterocycles. The summed E-state index contributed by atoms with van der Waals surface area (Å²) in [5.41, 5.74) is 0. The predicted octanol–water partition coefficient (Wildman–Crippen LogP) is 2.52. The molecule has 0 radical (unpaired) electrons. The molecule has 1 N–H and O–H groups in total. The molecular formula is C11H14ClN3O2S2. The van der Waals surface area contributed by atoms with Crippen LogP contribution in [0, 0.1) is 5.92 Å². The molecular weight excluding hydrogens is 306 g/mol. The van der Waals surface area contributed by atoms with Gasteiger partial charge in [-0.05, 0) is 18.8 Å². The lowest BCUT2D eigenvalue weighted by molar-refractivity contribution is 0.475. The highest BCUT2D eigenvalue weighted by Crippen LogP contribution is 2.29. The lowest BCUT2D eigenvalue weighted by Crippen LogP contribution is -2.37. The first kappa shape index (κ1) is 13.4. The van der Waals surface area contributed by atoms with Crippen LogP contribution >= 0.6 is 22.9 Å². The van der Waals surface area contributed by atoms with E-state index in [9.17, 15) is 8.42 Å². The molecule has 2 atom stereocenters. The molecule has 1 aliphatic rings. The third kappa shape index (κ3) is 2.29. The number of hydrogen-bond acceptors (Lipinski definition) is 4. The second kappa shape index (κ2) is 4.73. The molecule has 5 nitrogen and oxygen atoms in total. The smallest absolute Gasteiger partial charge is 0.260 e. The molecule has 0 spiro atoms. The van der Waals surface area contributed by atoms with Gasteiger partial charge in [0.1, 0.15) is 0 Å². The average Bonchev–Trinajstić information content (AvgIpc) is 2.95. The third-order valence-corrected chi connectivity index (χ3v) is 6.25. The summed E-state index contributed by atoms with van der Waals surface area (Å²) in [5.74, 6) is 0.361. The van der Waals surface area contributed by atoms with Gasteiger partial charge in [0, 0.05) is 17.6 Å². The highest BCUT2D eigenvalue weighted by molar-refractivity contribution is 7.89.